The van der Waals surface area contributed by atoms with Crippen LogP contribution in [0.3, 0.4) is 0 Å². The largest absolute Gasteiger partial charge is 0.497 e. The van der Waals surface area contributed by atoms with E-state index in [2.05, 4.69) is 0 Å². The van der Waals surface area contributed by atoms with Crippen LogP contribution >= 0.6 is 0 Å². The summed E-state index contributed by atoms with van der Waals surface area (Å²) < 4.78 is 10.00. The highest BCUT2D eigenvalue weighted by Crippen LogP contribution is 2.15. The van der Waals surface area contributed by atoms with E-state index in [9.17, 15) is 0 Å². The first-order chi connectivity index (χ1) is 6.27. The smallest absolute Gasteiger partial charge is 0.118 e. The molecule has 13 heavy (non-hydrogen) atoms. The van der Waals surface area contributed by atoms with Gasteiger partial charge in [-0.05, 0) is 17.7 Å². The molecule has 72 valence electrons. The molecule has 0 spiro atoms. The van der Waals surface area contributed by atoms with Gasteiger partial charge in [-0.15, -0.1) is 0 Å². The lowest BCUT2D eigenvalue weighted by molar-refractivity contribution is 0.181. The Morgan fingerprint density at radius 1 is 1.23 bits per heavy atom. The van der Waals surface area contributed by atoms with E-state index >= 15 is 0 Å². The Hall–Kier alpha value is -1.06. The van der Waals surface area contributed by atoms with E-state index in [-0.39, 0.29) is 6.04 Å². The van der Waals surface area contributed by atoms with Crippen molar-refractivity contribution in [3.05, 3.63) is 29.8 Å². The molecule has 0 aliphatic heterocycles. The molecule has 0 unspecified atom stereocenters. The molecular formula is C10H15NO2. The molecule has 0 saturated heterocycles. The summed E-state index contributed by atoms with van der Waals surface area (Å²) in [5.41, 5.74) is 6.89. The van der Waals surface area contributed by atoms with Crippen LogP contribution < -0.4 is 10.5 Å². The third-order valence-corrected chi connectivity index (χ3v) is 1.89. The minimum Gasteiger partial charge on any atom is -0.497 e. The average molecular weight is 181 g/mol. The number of methoxy groups -OCH3 is 2. The summed E-state index contributed by atoms with van der Waals surface area (Å²) in [5.74, 6) is 0.841. The lowest BCUT2D eigenvalue weighted by Gasteiger charge is -2.10. The number of nitrogens with two attached hydrogens (primary N) is 1. The molecule has 0 saturated carbocycles. The maximum atomic E-state index is 5.83. The van der Waals surface area contributed by atoms with Crippen LogP contribution in [0.2, 0.25) is 0 Å². The van der Waals surface area contributed by atoms with Crippen molar-refractivity contribution in [1.82, 2.24) is 0 Å². The molecule has 0 radical (unpaired) electrons. The quantitative estimate of drug-likeness (QED) is 0.762. The number of benzene rings is 1. The Morgan fingerprint density at radius 2 is 1.85 bits per heavy atom. The molecule has 1 aromatic rings. The number of ether oxygens (including phenoxy) is 2. The predicted octanol–water partition coefficient (Wildman–Crippen LogP) is 1.34. The molecule has 1 aromatic carbocycles. The first-order valence-corrected chi connectivity index (χ1v) is 4.16. The van der Waals surface area contributed by atoms with Crippen LogP contribution in [-0.4, -0.2) is 20.8 Å². The third-order valence-electron chi connectivity index (χ3n) is 1.89. The molecule has 0 bridgehead atoms. The summed E-state index contributed by atoms with van der Waals surface area (Å²) in [6.07, 6.45) is 0. The lowest BCUT2D eigenvalue weighted by Crippen LogP contribution is -2.15. The van der Waals surface area contributed by atoms with Crippen molar-refractivity contribution in [2.24, 2.45) is 5.73 Å². The normalized spacial score (nSPS) is 12.5. The second-order valence-electron chi connectivity index (χ2n) is 2.83. The van der Waals surface area contributed by atoms with Crippen LogP contribution in [0.4, 0.5) is 0 Å². The fraction of sp³-hybridized carbons (Fsp3) is 0.400. The summed E-state index contributed by atoms with van der Waals surface area (Å²) >= 11 is 0. The van der Waals surface area contributed by atoms with Gasteiger partial charge in [0.25, 0.3) is 0 Å². The summed E-state index contributed by atoms with van der Waals surface area (Å²) in [7, 11) is 3.29. The number of rotatable bonds is 4. The van der Waals surface area contributed by atoms with Crippen molar-refractivity contribution in [1.29, 1.82) is 0 Å². The van der Waals surface area contributed by atoms with E-state index in [1.807, 2.05) is 24.3 Å². The van der Waals surface area contributed by atoms with Gasteiger partial charge in [0, 0.05) is 7.11 Å². The molecule has 1 rings (SSSR count). The molecule has 0 heterocycles. The molecule has 1 atom stereocenters. The molecule has 0 fully saturated rings. The van der Waals surface area contributed by atoms with Gasteiger partial charge in [-0.3, -0.25) is 0 Å². The Bertz CT molecular complexity index is 246. The second-order valence-corrected chi connectivity index (χ2v) is 2.83. The topological polar surface area (TPSA) is 44.5 Å². The van der Waals surface area contributed by atoms with Crippen molar-refractivity contribution in [3.8, 4) is 5.75 Å². The maximum Gasteiger partial charge on any atom is 0.118 e. The molecule has 0 aliphatic carbocycles. The monoisotopic (exact) mass is 181 g/mol. The Morgan fingerprint density at radius 3 is 2.31 bits per heavy atom. The van der Waals surface area contributed by atoms with Crippen LogP contribution in [0.15, 0.2) is 24.3 Å². The minimum atomic E-state index is -0.0593. The van der Waals surface area contributed by atoms with Crippen LogP contribution in [0.25, 0.3) is 0 Å². The SMILES string of the molecule is COC[C@@H](N)c1ccc(OC)cc1. The van der Waals surface area contributed by atoms with Crippen LogP contribution in [0, 0.1) is 0 Å². The minimum absolute atomic E-state index is 0.0593. The highest BCUT2D eigenvalue weighted by atomic mass is 16.5. The first-order valence-electron chi connectivity index (χ1n) is 4.16. The molecule has 0 aliphatic rings. The summed E-state index contributed by atoms with van der Waals surface area (Å²) in [6.45, 7) is 0.534. The molecule has 0 aromatic heterocycles. The van der Waals surface area contributed by atoms with E-state index in [1.54, 1.807) is 14.2 Å². The van der Waals surface area contributed by atoms with E-state index in [0.717, 1.165) is 11.3 Å². The Balaban J connectivity index is 2.67. The van der Waals surface area contributed by atoms with Crippen LogP contribution in [0.1, 0.15) is 11.6 Å². The van der Waals surface area contributed by atoms with Gasteiger partial charge >= 0.3 is 0 Å². The fourth-order valence-electron chi connectivity index (χ4n) is 1.13. The zero-order chi connectivity index (χ0) is 9.68. The second kappa shape index (κ2) is 4.84. The zero-order valence-corrected chi connectivity index (χ0v) is 7.99. The molecule has 3 heteroatoms. The van der Waals surface area contributed by atoms with Gasteiger partial charge < -0.3 is 15.2 Å². The predicted molar refractivity (Wildman–Crippen MR) is 51.8 cm³/mol. The standard InChI is InChI=1S/C10H15NO2/c1-12-7-10(11)8-3-5-9(13-2)6-4-8/h3-6,10H,7,11H2,1-2H3/t10-/m1/s1. The van der Waals surface area contributed by atoms with Crippen molar-refractivity contribution in [2.45, 2.75) is 6.04 Å². The van der Waals surface area contributed by atoms with E-state index in [0.29, 0.717) is 6.61 Å². The van der Waals surface area contributed by atoms with Gasteiger partial charge in [-0.2, -0.15) is 0 Å². The molecule has 0 amide bonds. The van der Waals surface area contributed by atoms with Gasteiger partial charge in [-0.25, -0.2) is 0 Å². The van der Waals surface area contributed by atoms with E-state index in [1.165, 1.54) is 0 Å². The van der Waals surface area contributed by atoms with Crippen molar-refractivity contribution in [2.75, 3.05) is 20.8 Å². The summed E-state index contributed by atoms with van der Waals surface area (Å²) in [4.78, 5) is 0. The molecule has 2 N–H and O–H groups in total. The number of hydrogen-bond acceptors (Lipinski definition) is 3. The molecule has 3 nitrogen and oxygen atoms in total. The van der Waals surface area contributed by atoms with Crippen LogP contribution in [0.5, 0.6) is 5.75 Å². The van der Waals surface area contributed by atoms with E-state index in [4.69, 9.17) is 15.2 Å². The fourth-order valence-corrected chi connectivity index (χ4v) is 1.13. The molecular weight excluding hydrogens is 166 g/mol. The van der Waals surface area contributed by atoms with Crippen molar-refractivity contribution in [3.63, 3.8) is 0 Å². The van der Waals surface area contributed by atoms with Crippen molar-refractivity contribution >= 4 is 0 Å². The highest BCUT2D eigenvalue weighted by molar-refractivity contribution is 5.28. The Labute approximate surface area is 78.5 Å². The summed E-state index contributed by atoms with van der Waals surface area (Å²) in [5, 5.41) is 0. The highest BCUT2D eigenvalue weighted by Gasteiger charge is 2.04. The van der Waals surface area contributed by atoms with Gasteiger partial charge in [0.1, 0.15) is 5.75 Å². The van der Waals surface area contributed by atoms with Gasteiger partial charge in [0.15, 0.2) is 0 Å². The maximum absolute atomic E-state index is 5.83. The lowest BCUT2D eigenvalue weighted by atomic mass is 10.1. The zero-order valence-electron chi connectivity index (χ0n) is 7.99. The average Bonchev–Trinajstić information content (AvgIpc) is 2.18. The van der Waals surface area contributed by atoms with Gasteiger partial charge in [0.2, 0.25) is 0 Å². The van der Waals surface area contributed by atoms with E-state index < -0.39 is 0 Å². The third kappa shape index (κ3) is 2.72. The number of hydrogen-bond donors (Lipinski definition) is 1. The van der Waals surface area contributed by atoms with Crippen LogP contribution in [-0.2, 0) is 4.74 Å². The van der Waals surface area contributed by atoms with Crippen molar-refractivity contribution < 1.29 is 9.47 Å². The van der Waals surface area contributed by atoms with Gasteiger partial charge in [-0.1, -0.05) is 12.1 Å². The summed E-state index contributed by atoms with van der Waals surface area (Å²) in [6, 6.07) is 7.62. The first kappa shape index (κ1) is 10.0. The van der Waals surface area contributed by atoms with Gasteiger partial charge in [0.05, 0.1) is 19.8 Å². The Kier molecular flexibility index (Phi) is 3.73.